The average molecular weight is 423 g/mol. The van der Waals surface area contributed by atoms with Gasteiger partial charge in [-0.1, -0.05) is 10.3 Å². The van der Waals surface area contributed by atoms with Crippen molar-refractivity contribution >= 4 is 18.3 Å². The van der Waals surface area contributed by atoms with Gasteiger partial charge in [0.1, 0.15) is 11.4 Å². The fraction of sp³-hybridized carbons (Fsp3) is 0.737. The van der Waals surface area contributed by atoms with Gasteiger partial charge in [0.2, 0.25) is 11.8 Å². The molecule has 2 bridgehead atoms. The van der Waals surface area contributed by atoms with Crippen LogP contribution in [0.2, 0.25) is 0 Å². The Labute approximate surface area is 174 Å². The van der Waals surface area contributed by atoms with Crippen molar-refractivity contribution in [2.75, 3.05) is 40.3 Å². The second-order valence-electron chi connectivity index (χ2n) is 8.42. The van der Waals surface area contributed by atoms with E-state index >= 15 is 0 Å². The van der Waals surface area contributed by atoms with Crippen LogP contribution in [0.1, 0.15) is 24.2 Å². The second kappa shape index (κ2) is 9.09. The highest BCUT2D eigenvalue weighted by Crippen LogP contribution is 2.54. The maximum absolute atomic E-state index is 12.7. The number of rotatable bonds is 6. The summed E-state index contributed by atoms with van der Waals surface area (Å²) in [5.74, 6) is 0.589. The van der Waals surface area contributed by atoms with Crippen LogP contribution in [0.25, 0.3) is 0 Å². The Balaban J connectivity index is 0.000000806. The number of hydrogen-bond acceptors (Lipinski definition) is 8. The lowest BCUT2D eigenvalue weighted by Crippen LogP contribution is -2.43. The van der Waals surface area contributed by atoms with Crippen LogP contribution < -0.4 is 5.32 Å². The third-order valence-electron chi connectivity index (χ3n) is 6.20. The van der Waals surface area contributed by atoms with Gasteiger partial charge in [0.05, 0.1) is 31.2 Å². The summed E-state index contributed by atoms with van der Waals surface area (Å²) in [5.41, 5.74) is 1.00. The third-order valence-corrected chi connectivity index (χ3v) is 6.20. The number of amides is 2. The summed E-state index contributed by atoms with van der Waals surface area (Å²) in [4.78, 5) is 36.9. The predicted octanol–water partition coefficient (Wildman–Crippen LogP) is -0.695. The molecule has 0 radical (unpaired) electrons. The molecule has 2 amide bonds. The molecule has 3 fully saturated rings. The third kappa shape index (κ3) is 4.46. The summed E-state index contributed by atoms with van der Waals surface area (Å²) in [7, 11) is 3.75. The van der Waals surface area contributed by atoms with Gasteiger partial charge in [-0.15, -0.1) is 0 Å². The molecule has 0 unspecified atom stereocenters. The van der Waals surface area contributed by atoms with Crippen molar-refractivity contribution in [1.82, 2.24) is 25.4 Å². The minimum absolute atomic E-state index is 0.0248. The summed E-state index contributed by atoms with van der Waals surface area (Å²) < 4.78 is 11.0. The first kappa shape index (κ1) is 22.2. The van der Waals surface area contributed by atoms with Crippen LogP contribution in [0.5, 0.6) is 0 Å². The van der Waals surface area contributed by atoms with Crippen LogP contribution in [0.4, 0.5) is 0 Å². The Morgan fingerprint density at radius 3 is 2.77 bits per heavy atom. The van der Waals surface area contributed by atoms with Crippen LogP contribution in [0.3, 0.4) is 0 Å². The largest absolute Gasteiger partial charge is 0.483 e. The van der Waals surface area contributed by atoms with Gasteiger partial charge in [0.15, 0.2) is 0 Å². The number of likely N-dealkylation sites (N-methyl/N-ethyl adjacent to an activating group) is 1. The van der Waals surface area contributed by atoms with Gasteiger partial charge in [-0.05, 0) is 33.9 Å². The fourth-order valence-electron chi connectivity index (χ4n) is 4.89. The molecule has 1 spiro atoms. The van der Waals surface area contributed by atoms with E-state index in [9.17, 15) is 9.59 Å². The maximum Gasteiger partial charge on any atom is 0.290 e. The number of ether oxygens (including phenoxy) is 1. The summed E-state index contributed by atoms with van der Waals surface area (Å²) in [6.07, 6.45) is 2.37. The lowest BCUT2D eigenvalue weighted by molar-refractivity contribution is -0.131. The van der Waals surface area contributed by atoms with Gasteiger partial charge in [0, 0.05) is 24.9 Å². The van der Waals surface area contributed by atoms with Crippen molar-refractivity contribution in [3.63, 3.8) is 0 Å². The van der Waals surface area contributed by atoms with Crippen LogP contribution in [0, 0.1) is 18.8 Å². The number of aryl methyl sites for hydroxylation is 1. The van der Waals surface area contributed by atoms with Crippen LogP contribution in [-0.2, 0) is 25.5 Å². The molecule has 0 aromatic carbocycles. The molecule has 4 rings (SSSR count). The number of nitrogens with one attached hydrogen (secondary N) is 1. The molecular weight excluding hydrogens is 394 g/mol. The van der Waals surface area contributed by atoms with E-state index in [1.54, 1.807) is 6.92 Å². The summed E-state index contributed by atoms with van der Waals surface area (Å²) in [6.45, 7) is 3.82. The molecule has 3 aliphatic heterocycles. The predicted molar refractivity (Wildman–Crippen MR) is 103 cm³/mol. The molecule has 0 saturated carbocycles. The SMILES string of the molecule is Cc1nonc1CC(=O)N1C[C@@H]2[C@H](CNC(=O)CN(C)C)[C@H]3CC[C@]2(C1)O3.O=CO. The van der Waals surface area contributed by atoms with E-state index in [-0.39, 0.29) is 48.2 Å². The molecule has 4 heterocycles. The monoisotopic (exact) mass is 423 g/mol. The lowest BCUT2D eigenvalue weighted by Gasteiger charge is -2.29. The van der Waals surface area contributed by atoms with E-state index in [0.717, 1.165) is 12.8 Å². The number of carbonyl (C=O) groups excluding carboxylic acids is 2. The highest BCUT2D eigenvalue weighted by atomic mass is 16.6. The van der Waals surface area contributed by atoms with Crippen LogP contribution in [-0.4, -0.2) is 95.5 Å². The van der Waals surface area contributed by atoms with Gasteiger partial charge in [-0.2, -0.15) is 0 Å². The van der Waals surface area contributed by atoms with Gasteiger partial charge in [-0.25, -0.2) is 4.63 Å². The molecule has 1 aromatic rings. The molecule has 4 atom stereocenters. The van der Waals surface area contributed by atoms with Crippen molar-refractivity contribution in [2.45, 2.75) is 37.9 Å². The molecule has 30 heavy (non-hydrogen) atoms. The Morgan fingerprint density at radius 2 is 2.13 bits per heavy atom. The second-order valence-corrected chi connectivity index (χ2v) is 8.42. The van der Waals surface area contributed by atoms with E-state index in [1.165, 1.54) is 0 Å². The summed E-state index contributed by atoms with van der Waals surface area (Å²) in [6, 6.07) is 0. The molecule has 11 nitrogen and oxygen atoms in total. The zero-order valence-electron chi connectivity index (χ0n) is 17.5. The summed E-state index contributed by atoms with van der Waals surface area (Å²) in [5, 5.41) is 17.5. The van der Waals surface area contributed by atoms with E-state index in [1.807, 2.05) is 23.9 Å². The van der Waals surface area contributed by atoms with Gasteiger partial charge < -0.3 is 25.0 Å². The lowest BCUT2D eigenvalue weighted by atomic mass is 9.73. The van der Waals surface area contributed by atoms with Crippen LogP contribution in [0.15, 0.2) is 4.63 Å². The highest BCUT2D eigenvalue weighted by molar-refractivity contribution is 5.79. The topological polar surface area (TPSA) is 138 Å². The standard InChI is InChI=1S/C18H27N5O4.CH2O2/c1-11-14(21-27-20-11)6-17(25)23-8-13-12(7-19-16(24)9-22(2)3)15-4-5-18(13,10-23)26-15;2-1-3/h12-13,15H,4-10H2,1-3H3,(H,19,24);1H,(H,2,3)/t12-,13+,15+,18+;/m0./s1. The minimum Gasteiger partial charge on any atom is -0.483 e. The van der Waals surface area contributed by atoms with Crippen molar-refractivity contribution < 1.29 is 28.9 Å². The molecule has 3 saturated heterocycles. The average Bonchev–Trinajstić information content (AvgIpc) is 3.41. The number of nitrogens with zero attached hydrogens (tertiary/aromatic N) is 4. The van der Waals surface area contributed by atoms with E-state index in [2.05, 4.69) is 15.6 Å². The number of aromatic nitrogens is 2. The Kier molecular flexibility index (Phi) is 6.71. The van der Waals surface area contributed by atoms with Crippen molar-refractivity contribution in [2.24, 2.45) is 11.8 Å². The number of fused-ring (bicyclic) bond motifs is 1. The molecular formula is C19H29N5O6. The molecule has 0 aliphatic carbocycles. The van der Waals surface area contributed by atoms with Gasteiger partial charge in [0.25, 0.3) is 6.47 Å². The minimum atomic E-state index is -0.250. The zero-order valence-corrected chi connectivity index (χ0v) is 17.5. The molecule has 1 aromatic heterocycles. The van der Waals surface area contributed by atoms with E-state index < -0.39 is 0 Å². The quantitative estimate of drug-likeness (QED) is 0.569. The Morgan fingerprint density at radius 1 is 1.40 bits per heavy atom. The van der Waals surface area contributed by atoms with Gasteiger partial charge >= 0.3 is 0 Å². The first-order valence-electron chi connectivity index (χ1n) is 10.0. The van der Waals surface area contributed by atoms with E-state index in [4.69, 9.17) is 19.3 Å². The van der Waals surface area contributed by atoms with E-state index in [0.29, 0.717) is 37.6 Å². The van der Waals surface area contributed by atoms with Crippen molar-refractivity contribution in [1.29, 1.82) is 0 Å². The Bertz CT molecular complexity index is 783. The first-order chi connectivity index (χ1) is 14.3. The normalized spacial score (nSPS) is 28.8. The van der Waals surface area contributed by atoms with Crippen molar-refractivity contribution in [3.05, 3.63) is 11.4 Å². The highest BCUT2D eigenvalue weighted by Gasteiger charge is 2.63. The molecule has 11 heteroatoms. The smallest absolute Gasteiger partial charge is 0.290 e. The van der Waals surface area contributed by atoms with Crippen molar-refractivity contribution in [3.8, 4) is 0 Å². The number of carbonyl (C=O) groups is 3. The van der Waals surface area contributed by atoms with Crippen LogP contribution >= 0.6 is 0 Å². The molecule has 166 valence electrons. The molecule has 3 aliphatic rings. The first-order valence-corrected chi connectivity index (χ1v) is 10.0. The maximum atomic E-state index is 12.7. The summed E-state index contributed by atoms with van der Waals surface area (Å²) >= 11 is 0. The number of likely N-dealkylation sites (tertiary alicyclic amines) is 1. The fourth-order valence-corrected chi connectivity index (χ4v) is 4.89. The zero-order chi connectivity index (χ0) is 21.9. The molecule has 2 N–H and O–H groups in total. The van der Waals surface area contributed by atoms with Gasteiger partial charge in [-0.3, -0.25) is 14.4 Å². The number of hydrogen-bond donors (Lipinski definition) is 2. The number of carboxylic acid groups (broad SMARTS) is 1. The Hall–Kier alpha value is -2.53.